The number of nitrogens with zero attached hydrogens (tertiary/aromatic N) is 3. The molecule has 0 aliphatic carbocycles. The molecule has 3 aromatic heterocycles. The van der Waals surface area contributed by atoms with Gasteiger partial charge in [-0.3, -0.25) is 4.40 Å². The monoisotopic (exact) mass is 462 g/mol. The molecule has 0 atom stereocenters. The molecule has 1 N–H and O–H groups in total. The lowest BCUT2D eigenvalue weighted by Gasteiger charge is -2.05. The summed E-state index contributed by atoms with van der Waals surface area (Å²) in [6, 6.07) is 12.0. The third kappa shape index (κ3) is 2.87. The van der Waals surface area contributed by atoms with Crippen molar-refractivity contribution in [2.75, 3.05) is 5.32 Å². The van der Waals surface area contributed by atoms with Crippen molar-refractivity contribution in [1.82, 2.24) is 14.4 Å². The molecule has 0 spiro atoms. The maximum atomic E-state index is 4.74. The Labute approximate surface area is 159 Å². The van der Waals surface area contributed by atoms with Crippen LogP contribution in [0.1, 0.15) is 5.69 Å². The summed E-state index contributed by atoms with van der Waals surface area (Å²) in [4.78, 5) is 9.34. The minimum atomic E-state index is 0.846. The smallest absolute Gasteiger partial charge is 0.187 e. The average Bonchev–Trinajstić information content (AvgIpc) is 3.13. The predicted octanol–water partition coefficient (Wildman–Crippen LogP) is 6.03. The van der Waals surface area contributed by atoms with Crippen molar-refractivity contribution >= 4 is 59.7 Å². The maximum absolute atomic E-state index is 4.74. The standard InChI is InChI=1S/C17H12Br2N4S/c1-10-16(23-7-3-2-4-15(23)20-10)14-9-24-17(22-14)21-13-6-5-11(18)8-12(13)19/h2-9H,1H3,(H,21,22). The van der Waals surface area contributed by atoms with Crippen LogP contribution in [0.2, 0.25) is 0 Å². The minimum Gasteiger partial charge on any atom is -0.331 e. The van der Waals surface area contributed by atoms with Gasteiger partial charge in [0.05, 0.1) is 17.1 Å². The second-order valence-corrected chi connectivity index (χ2v) is 7.89. The number of aromatic nitrogens is 3. The van der Waals surface area contributed by atoms with Crippen LogP contribution in [0.15, 0.2) is 56.9 Å². The Morgan fingerprint density at radius 2 is 2.00 bits per heavy atom. The van der Waals surface area contributed by atoms with Gasteiger partial charge in [0, 0.05) is 20.5 Å². The summed E-state index contributed by atoms with van der Waals surface area (Å²) < 4.78 is 4.09. The highest BCUT2D eigenvalue weighted by Gasteiger charge is 2.14. The molecule has 7 heteroatoms. The molecule has 4 nitrogen and oxygen atoms in total. The number of aryl methyl sites for hydroxylation is 1. The van der Waals surface area contributed by atoms with Gasteiger partial charge in [0.1, 0.15) is 11.3 Å². The van der Waals surface area contributed by atoms with Gasteiger partial charge in [0.25, 0.3) is 0 Å². The van der Waals surface area contributed by atoms with Crippen LogP contribution >= 0.6 is 43.2 Å². The Bertz CT molecular complexity index is 1040. The molecule has 0 unspecified atom stereocenters. The van der Waals surface area contributed by atoms with E-state index in [4.69, 9.17) is 4.98 Å². The number of halogens is 2. The Hall–Kier alpha value is -1.70. The summed E-state index contributed by atoms with van der Waals surface area (Å²) in [5.41, 5.74) is 4.84. The van der Waals surface area contributed by atoms with Gasteiger partial charge in [0.2, 0.25) is 0 Å². The van der Waals surface area contributed by atoms with E-state index in [1.54, 1.807) is 11.3 Å². The average molecular weight is 464 g/mol. The zero-order valence-electron chi connectivity index (χ0n) is 12.6. The van der Waals surface area contributed by atoms with E-state index in [1.165, 1.54) is 0 Å². The summed E-state index contributed by atoms with van der Waals surface area (Å²) in [6.45, 7) is 2.01. The fourth-order valence-electron chi connectivity index (χ4n) is 2.57. The quantitative estimate of drug-likeness (QED) is 0.403. The first kappa shape index (κ1) is 15.8. The Morgan fingerprint density at radius 3 is 2.83 bits per heavy atom. The van der Waals surface area contributed by atoms with Crippen LogP contribution in [0.25, 0.3) is 17.0 Å². The fraction of sp³-hybridized carbons (Fsp3) is 0.0588. The second-order valence-electron chi connectivity index (χ2n) is 5.26. The van der Waals surface area contributed by atoms with Crippen molar-refractivity contribution in [2.24, 2.45) is 0 Å². The number of fused-ring (bicyclic) bond motifs is 1. The van der Waals surface area contributed by atoms with Crippen molar-refractivity contribution in [3.05, 3.63) is 62.6 Å². The number of anilines is 2. The molecule has 0 saturated heterocycles. The van der Waals surface area contributed by atoms with Gasteiger partial charge in [-0.2, -0.15) is 0 Å². The van der Waals surface area contributed by atoms with Crippen LogP contribution in [-0.2, 0) is 0 Å². The normalized spacial score (nSPS) is 11.1. The molecular formula is C17H12Br2N4S. The van der Waals surface area contributed by atoms with Gasteiger partial charge < -0.3 is 5.32 Å². The molecule has 0 radical (unpaired) electrons. The van der Waals surface area contributed by atoms with Gasteiger partial charge in [-0.1, -0.05) is 22.0 Å². The van der Waals surface area contributed by atoms with E-state index in [9.17, 15) is 0 Å². The molecular weight excluding hydrogens is 452 g/mol. The highest BCUT2D eigenvalue weighted by Crippen LogP contribution is 2.33. The van der Waals surface area contributed by atoms with Crippen molar-refractivity contribution in [2.45, 2.75) is 6.92 Å². The largest absolute Gasteiger partial charge is 0.331 e. The highest BCUT2D eigenvalue weighted by atomic mass is 79.9. The van der Waals surface area contributed by atoms with E-state index in [0.29, 0.717) is 0 Å². The molecule has 120 valence electrons. The molecule has 0 saturated carbocycles. The van der Waals surface area contributed by atoms with E-state index in [1.807, 2.05) is 49.5 Å². The summed E-state index contributed by atoms with van der Waals surface area (Å²) in [5.74, 6) is 0. The predicted molar refractivity (Wildman–Crippen MR) is 106 cm³/mol. The molecule has 3 heterocycles. The molecule has 0 bridgehead atoms. The lowest BCUT2D eigenvalue weighted by atomic mass is 10.3. The van der Waals surface area contributed by atoms with Crippen LogP contribution in [0, 0.1) is 6.92 Å². The summed E-state index contributed by atoms with van der Waals surface area (Å²) in [5, 5.41) is 6.26. The summed E-state index contributed by atoms with van der Waals surface area (Å²) in [7, 11) is 0. The molecule has 4 rings (SSSR count). The lowest BCUT2D eigenvalue weighted by Crippen LogP contribution is -1.92. The van der Waals surface area contributed by atoms with Crippen molar-refractivity contribution < 1.29 is 0 Å². The molecule has 0 amide bonds. The SMILES string of the molecule is Cc1nc2ccccn2c1-c1csc(Nc2ccc(Br)cc2Br)n1. The number of nitrogens with one attached hydrogen (secondary N) is 1. The van der Waals surface area contributed by atoms with Gasteiger partial charge in [-0.05, 0) is 53.2 Å². The Balaban J connectivity index is 1.70. The van der Waals surface area contributed by atoms with Gasteiger partial charge in [-0.25, -0.2) is 9.97 Å². The van der Waals surface area contributed by atoms with Crippen LogP contribution in [0.3, 0.4) is 0 Å². The Morgan fingerprint density at radius 1 is 1.12 bits per heavy atom. The summed E-state index contributed by atoms with van der Waals surface area (Å²) in [6.07, 6.45) is 2.02. The van der Waals surface area contributed by atoms with Crippen LogP contribution in [-0.4, -0.2) is 14.4 Å². The van der Waals surface area contributed by atoms with E-state index >= 15 is 0 Å². The maximum Gasteiger partial charge on any atom is 0.187 e. The number of rotatable bonds is 3. The number of hydrogen-bond donors (Lipinski definition) is 1. The van der Waals surface area contributed by atoms with E-state index in [2.05, 4.69) is 51.9 Å². The molecule has 1 aromatic carbocycles. The Kier molecular flexibility index (Phi) is 4.15. The van der Waals surface area contributed by atoms with E-state index < -0.39 is 0 Å². The topological polar surface area (TPSA) is 42.2 Å². The van der Waals surface area contributed by atoms with E-state index in [0.717, 1.165) is 42.5 Å². The summed E-state index contributed by atoms with van der Waals surface area (Å²) >= 11 is 8.60. The van der Waals surface area contributed by atoms with Gasteiger partial charge in [0.15, 0.2) is 5.13 Å². The number of hydrogen-bond acceptors (Lipinski definition) is 4. The third-order valence-corrected chi connectivity index (χ3v) is 5.53. The molecule has 24 heavy (non-hydrogen) atoms. The van der Waals surface area contributed by atoms with Crippen LogP contribution in [0.5, 0.6) is 0 Å². The zero-order chi connectivity index (χ0) is 16.7. The van der Waals surface area contributed by atoms with Crippen molar-refractivity contribution in [3.8, 4) is 11.4 Å². The minimum absolute atomic E-state index is 0.846. The number of thiazole rings is 1. The molecule has 0 aliphatic heterocycles. The second kappa shape index (κ2) is 6.31. The third-order valence-electron chi connectivity index (χ3n) is 3.62. The fourth-order valence-corrected chi connectivity index (χ4v) is 4.42. The first-order valence-electron chi connectivity index (χ1n) is 7.23. The van der Waals surface area contributed by atoms with Crippen LogP contribution in [0.4, 0.5) is 10.8 Å². The van der Waals surface area contributed by atoms with E-state index in [-0.39, 0.29) is 0 Å². The number of pyridine rings is 1. The van der Waals surface area contributed by atoms with Crippen molar-refractivity contribution in [3.63, 3.8) is 0 Å². The first-order chi connectivity index (χ1) is 11.6. The van der Waals surface area contributed by atoms with Gasteiger partial charge >= 0.3 is 0 Å². The number of imidazole rings is 1. The van der Waals surface area contributed by atoms with Crippen LogP contribution < -0.4 is 5.32 Å². The van der Waals surface area contributed by atoms with Crippen molar-refractivity contribution in [1.29, 1.82) is 0 Å². The zero-order valence-corrected chi connectivity index (χ0v) is 16.6. The molecule has 0 fully saturated rings. The van der Waals surface area contributed by atoms with Gasteiger partial charge in [-0.15, -0.1) is 11.3 Å². The number of benzene rings is 1. The first-order valence-corrected chi connectivity index (χ1v) is 9.70. The molecule has 4 aromatic rings. The lowest BCUT2D eigenvalue weighted by molar-refractivity contribution is 1.17. The molecule has 0 aliphatic rings. The highest BCUT2D eigenvalue weighted by molar-refractivity contribution is 9.11.